The van der Waals surface area contributed by atoms with Gasteiger partial charge >= 0.3 is 0 Å². The standard InChI is InChI=1S/C7H14N2.2ClH/c1-2-5-9-6-3-8-4-7-9;;/h2,8H,1,3-7H2;2*1H. The molecule has 1 aliphatic heterocycles. The summed E-state index contributed by atoms with van der Waals surface area (Å²) in [6.45, 7) is 9.35. The average Bonchev–Trinajstić information content (AvgIpc) is 1.91. The highest BCUT2D eigenvalue weighted by Gasteiger charge is 2.05. The molecule has 11 heavy (non-hydrogen) atoms. The van der Waals surface area contributed by atoms with Gasteiger partial charge in [-0.25, -0.2) is 0 Å². The molecule has 0 atom stereocenters. The average molecular weight is 199 g/mol. The first kappa shape index (κ1) is 13.8. The van der Waals surface area contributed by atoms with Crippen LogP contribution < -0.4 is 5.32 Å². The molecule has 68 valence electrons. The van der Waals surface area contributed by atoms with Gasteiger partial charge in [-0.1, -0.05) is 6.08 Å². The van der Waals surface area contributed by atoms with Gasteiger partial charge in [-0.3, -0.25) is 4.90 Å². The van der Waals surface area contributed by atoms with Crippen molar-refractivity contribution in [3.05, 3.63) is 12.7 Å². The van der Waals surface area contributed by atoms with Crippen LogP contribution in [0.4, 0.5) is 0 Å². The SMILES string of the molecule is C=CCN1CCNCC1.Cl.Cl. The Morgan fingerprint density at radius 3 is 2.27 bits per heavy atom. The summed E-state index contributed by atoms with van der Waals surface area (Å²) in [7, 11) is 0. The number of rotatable bonds is 2. The number of piperazine rings is 1. The molecular weight excluding hydrogens is 183 g/mol. The van der Waals surface area contributed by atoms with E-state index in [-0.39, 0.29) is 24.8 Å². The number of hydrogen-bond acceptors (Lipinski definition) is 2. The highest BCUT2D eigenvalue weighted by Crippen LogP contribution is 1.89. The van der Waals surface area contributed by atoms with E-state index < -0.39 is 0 Å². The maximum atomic E-state index is 3.69. The minimum atomic E-state index is 0. The molecule has 0 spiro atoms. The Morgan fingerprint density at radius 2 is 1.82 bits per heavy atom. The molecule has 4 heteroatoms. The molecular formula is C7H16Cl2N2. The fourth-order valence-corrected chi connectivity index (χ4v) is 1.08. The number of hydrogen-bond donors (Lipinski definition) is 1. The highest BCUT2D eigenvalue weighted by atomic mass is 35.5. The molecule has 1 rings (SSSR count). The summed E-state index contributed by atoms with van der Waals surface area (Å²) >= 11 is 0. The third kappa shape index (κ3) is 5.50. The van der Waals surface area contributed by atoms with Crippen molar-refractivity contribution in [2.24, 2.45) is 0 Å². The van der Waals surface area contributed by atoms with Crippen molar-refractivity contribution in [2.45, 2.75) is 0 Å². The molecule has 2 nitrogen and oxygen atoms in total. The Hall–Kier alpha value is 0.240. The normalized spacial score (nSPS) is 17.8. The monoisotopic (exact) mass is 198 g/mol. The maximum absolute atomic E-state index is 3.69. The van der Waals surface area contributed by atoms with Gasteiger partial charge in [0.1, 0.15) is 0 Å². The molecule has 1 N–H and O–H groups in total. The van der Waals surface area contributed by atoms with Gasteiger partial charge in [-0.05, 0) is 0 Å². The molecule has 0 aromatic rings. The first-order valence-electron chi connectivity index (χ1n) is 3.47. The van der Waals surface area contributed by atoms with E-state index in [4.69, 9.17) is 0 Å². The summed E-state index contributed by atoms with van der Waals surface area (Å²) in [4.78, 5) is 2.39. The molecule has 0 saturated carbocycles. The molecule has 0 aliphatic carbocycles. The van der Waals surface area contributed by atoms with Crippen molar-refractivity contribution >= 4 is 24.8 Å². The van der Waals surface area contributed by atoms with Crippen molar-refractivity contribution < 1.29 is 0 Å². The fraction of sp³-hybridized carbons (Fsp3) is 0.714. The van der Waals surface area contributed by atoms with E-state index >= 15 is 0 Å². The van der Waals surface area contributed by atoms with Crippen molar-refractivity contribution in [2.75, 3.05) is 32.7 Å². The molecule has 0 aromatic carbocycles. The zero-order valence-corrected chi connectivity index (χ0v) is 8.22. The van der Waals surface area contributed by atoms with E-state index in [2.05, 4.69) is 16.8 Å². The molecule has 0 radical (unpaired) electrons. The highest BCUT2D eigenvalue weighted by molar-refractivity contribution is 5.85. The van der Waals surface area contributed by atoms with Crippen LogP contribution in [0.5, 0.6) is 0 Å². The molecule has 0 amide bonds. The fourth-order valence-electron chi connectivity index (χ4n) is 1.08. The molecule has 1 heterocycles. The summed E-state index contributed by atoms with van der Waals surface area (Å²) in [5, 5.41) is 3.30. The van der Waals surface area contributed by atoms with Crippen LogP contribution in [0.3, 0.4) is 0 Å². The Morgan fingerprint density at radius 1 is 1.27 bits per heavy atom. The van der Waals surface area contributed by atoms with Gasteiger partial charge in [-0.15, -0.1) is 31.4 Å². The van der Waals surface area contributed by atoms with Crippen LogP contribution in [-0.4, -0.2) is 37.6 Å². The Labute approximate surface area is 80.8 Å². The van der Waals surface area contributed by atoms with Crippen LogP contribution in [0.1, 0.15) is 0 Å². The third-order valence-corrected chi connectivity index (χ3v) is 1.60. The van der Waals surface area contributed by atoms with Crippen molar-refractivity contribution in [1.29, 1.82) is 0 Å². The summed E-state index contributed by atoms with van der Waals surface area (Å²) in [5.74, 6) is 0. The predicted molar refractivity (Wildman–Crippen MR) is 54.0 cm³/mol. The summed E-state index contributed by atoms with van der Waals surface area (Å²) in [6, 6.07) is 0. The molecule has 1 aliphatic rings. The largest absolute Gasteiger partial charge is 0.314 e. The Balaban J connectivity index is 0. The smallest absolute Gasteiger partial charge is 0.0161 e. The second kappa shape index (κ2) is 8.34. The van der Waals surface area contributed by atoms with Gasteiger partial charge in [-0.2, -0.15) is 0 Å². The summed E-state index contributed by atoms with van der Waals surface area (Å²) < 4.78 is 0. The van der Waals surface area contributed by atoms with E-state index in [0.29, 0.717) is 0 Å². The van der Waals surface area contributed by atoms with Gasteiger partial charge in [0, 0.05) is 32.7 Å². The maximum Gasteiger partial charge on any atom is 0.0161 e. The van der Waals surface area contributed by atoms with Crippen molar-refractivity contribution in [1.82, 2.24) is 10.2 Å². The molecule has 0 unspecified atom stereocenters. The Kier molecular flexibility index (Phi) is 10.5. The second-order valence-electron chi connectivity index (χ2n) is 2.34. The van der Waals surface area contributed by atoms with E-state index in [9.17, 15) is 0 Å². The zero-order chi connectivity index (χ0) is 6.53. The van der Waals surface area contributed by atoms with Crippen molar-refractivity contribution in [3.63, 3.8) is 0 Å². The topological polar surface area (TPSA) is 15.3 Å². The van der Waals surface area contributed by atoms with Crippen LogP contribution in [-0.2, 0) is 0 Å². The molecule has 1 fully saturated rings. The predicted octanol–water partition coefficient (Wildman–Crippen LogP) is 0.921. The Bertz CT molecular complexity index is 92.4. The van der Waals surface area contributed by atoms with Gasteiger partial charge in [0.15, 0.2) is 0 Å². The van der Waals surface area contributed by atoms with E-state index in [1.807, 2.05) is 6.08 Å². The minimum absolute atomic E-state index is 0. The van der Waals surface area contributed by atoms with Crippen LogP contribution in [0.15, 0.2) is 12.7 Å². The lowest BCUT2D eigenvalue weighted by Gasteiger charge is -2.25. The summed E-state index contributed by atoms with van der Waals surface area (Å²) in [5.41, 5.74) is 0. The third-order valence-electron chi connectivity index (χ3n) is 1.60. The van der Waals surface area contributed by atoms with Gasteiger partial charge in [0.2, 0.25) is 0 Å². The minimum Gasteiger partial charge on any atom is -0.314 e. The lowest BCUT2D eigenvalue weighted by molar-refractivity contribution is 0.265. The van der Waals surface area contributed by atoms with E-state index in [1.165, 1.54) is 13.1 Å². The number of nitrogens with zero attached hydrogens (tertiary/aromatic N) is 1. The lowest BCUT2D eigenvalue weighted by Crippen LogP contribution is -2.43. The molecule has 0 bridgehead atoms. The quantitative estimate of drug-likeness (QED) is 0.665. The van der Waals surface area contributed by atoms with Gasteiger partial charge in [0.05, 0.1) is 0 Å². The van der Waals surface area contributed by atoms with Crippen LogP contribution in [0, 0.1) is 0 Å². The van der Waals surface area contributed by atoms with Crippen LogP contribution in [0.25, 0.3) is 0 Å². The second-order valence-corrected chi connectivity index (χ2v) is 2.34. The van der Waals surface area contributed by atoms with E-state index in [0.717, 1.165) is 19.6 Å². The zero-order valence-electron chi connectivity index (χ0n) is 6.58. The van der Waals surface area contributed by atoms with Gasteiger partial charge < -0.3 is 5.32 Å². The molecule has 0 aromatic heterocycles. The number of halogens is 2. The van der Waals surface area contributed by atoms with E-state index in [1.54, 1.807) is 0 Å². The lowest BCUT2D eigenvalue weighted by atomic mass is 10.3. The first-order chi connectivity index (χ1) is 4.43. The van der Waals surface area contributed by atoms with Crippen LogP contribution in [0.2, 0.25) is 0 Å². The van der Waals surface area contributed by atoms with Crippen LogP contribution >= 0.6 is 24.8 Å². The van der Waals surface area contributed by atoms with Crippen molar-refractivity contribution in [3.8, 4) is 0 Å². The number of nitrogens with one attached hydrogen (secondary N) is 1. The van der Waals surface area contributed by atoms with Gasteiger partial charge in [0.25, 0.3) is 0 Å². The molecule has 1 saturated heterocycles. The first-order valence-corrected chi connectivity index (χ1v) is 3.47. The summed E-state index contributed by atoms with van der Waals surface area (Å²) in [6.07, 6.45) is 1.96.